The Labute approximate surface area is 114 Å². The standard InChI is InChI=1S/C12H10N2O5S/c15-9-2-1-7-4-10(11(16)5-8(7)3-9)14-6-12(17)13-20(14,18)19/h1-5,15-16H,6H2,(H,13,17). The Morgan fingerprint density at radius 1 is 1.10 bits per heavy atom. The van der Waals surface area contributed by atoms with Crippen LogP contribution in [0.15, 0.2) is 30.3 Å². The van der Waals surface area contributed by atoms with Gasteiger partial charge in [0.25, 0.3) is 5.91 Å². The third kappa shape index (κ3) is 1.90. The van der Waals surface area contributed by atoms with E-state index >= 15 is 0 Å². The Morgan fingerprint density at radius 3 is 2.50 bits per heavy atom. The minimum atomic E-state index is -3.96. The molecule has 1 saturated heterocycles. The van der Waals surface area contributed by atoms with Crippen molar-refractivity contribution < 1.29 is 23.4 Å². The van der Waals surface area contributed by atoms with Gasteiger partial charge in [0, 0.05) is 0 Å². The molecule has 3 N–H and O–H groups in total. The predicted octanol–water partition coefficient (Wildman–Crippen LogP) is 0.432. The zero-order chi connectivity index (χ0) is 14.5. The fraction of sp³-hybridized carbons (Fsp3) is 0.0833. The number of phenolic OH excluding ortho intramolecular Hbond substituents is 2. The van der Waals surface area contributed by atoms with Crippen LogP contribution in [0.25, 0.3) is 10.8 Å². The lowest BCUT2D eigenvalue weighted by molar-refractivity contribution is -0.117. The summed E-state index contributed by atoms with van der Waals surface area (Å²) in [6.07, 6.45) is 0. The van der Waals surface area contributed by atoms with E-state index in [1.807, 2.05) is 4.72 Å². The quantitative estimate of drug-likeness (QED) is 0.707. The molecular formula is C12H10N2O5S. The molecule has 0 aromatic heterocycles. The fourth-order valence-corrected chi connectivity index (χ4v) is 3.28. The highest BCUT2D eigenvalue weighted by Crippen LogP contribution is 2.35. The second-order valence-electron chi connectivity index (χ2n) is 4.41. The number of rotatable bonds is 1. The van der Waals surface area contributed by atoms with Crippen LogP contribution in [0, 0.1) is 0 Å². The normalized spacial score (nSPS) is 17.4. The minimum absolute atomic E-state index is 0.0153. The smallest absolute Gasteiger partial charge is 0.326 e. The summed E-state index contributed by atoms with van der Waals surface area (Å²) in [7, 11) is -3.96. The Bertz CT molecular complexity index is 831. The van der Waals surface area contributed by atoms with Crippen LogP contribution in [0.4, 0.5) is 5.69 Å². The van der Waals surface area contributed by atoms with Crippen LogP contribution >= 0.6 is 0 Å². The summed E-state index contributed by atoms with van der Waals surface area (Å²) in [5.41, 5.74) is 0.0153. The number of aromatic hydroxyl groups is 2. The van der Waals surface area contributed by atoms with Crippen LogP contribution in [-0.2, 0) is 15.0 Å². The number of hydrogen-bond donors (Lipinski definition) is 3. The highest BCUT2D eigenvalue weighted by atomic mass is 32.2. The maximum absolute atomic E-state index is 11.8. The van der Waals surface area contributed by atoms with Crippen LogP contribution in [0.5, 0.6) is 11.5 Å². The topological polar surface area (TPSA) is 107 Å². The second-order valence-corrected chi connectivity index (χ2v) is 6.00. The number of nitrogens with one attached hydrogen (secondary N) is 1. The first-order valence-electron chi connectivity index (χ1n) is 5.66. The first kappa shape index (κ1) is 12.5. The minimum Gasteiger partial charge on any atom is -0.508 e. The highest BCUT2D eigenvalue weighted by Gasteiger charge is 2.35. The van der Waals surface area contributed by atoms with E-state index in [2.05, 4.69) is 0 Å². The van der Waals surface area contributed by atoms with Gasteiger partial charge in [-0.25, -0.2) is 9.03 Å². The van der Waals surface area contributed by atoms with Crippen LogP contribution in [0.3, 0.4) is 0 Å². The van der Waals surface area contributed by atoms with Crippen molar-refractivity contribution in [3.8, 4) is 11.5 Å². The van der Waals surface area contributed by atoms with E-state index in [9.17, 15) is 23.4 Å². The molecule has 1 fully saturated rings. The fourth-order valence-electron chi connectivity index (χ4n) is 2.12. The molecule has 0 spiro atoms. The lowest BCUT2D eigenvalue weighted by Gasteiger charge is -2.16. The van der Waals surface area contributed by atoms with Gasteiger partial charge in [0.15, 0.2) is 0 Å². The number of anilines is 1. The van der Waals surface area contributed by atoms with Gasteiger partial charge in [-0.3, -0.25) is 4.79 Å². The lowest BCUT2D eigenvalue weighted by Crippen LogP contribution is -2.29. The molecule has 104 valence electrons. The van der Waals surface area contributed by atoms with Crippen LogP contribution in [0.2, 0.25) is 0 Å². The van der Waals surface area contributed by atoms with Gasteiger partial charge in [-0.2, -0.15) is 8.42 Å². The number of nitrogens with zero attached hydrogens (tertiary/aromatic N) is 1. The van der Waals surface area contributed by atoms with Crippen molar-refractivity contribution in [3.05, 3.63) is 30.3 Å². The molecule has 1 aliphatic heterocycles. The van der Waals surface area contributed by atoms with E-state index in [1.165, 1.54) is 24.3 Å². The SMILES string of the molecule is O=C1CN(c2cc3ccc(O)cc3cc2O)S(=O)(=O)N1. The molecule has 8 heteroatoms. The van der Waals surface area contributed by atoms with Crippen molar-refractivity contribution in [3.63, 3.8) is 0 Å². The van der Waals surface area contributed by atoms with Gasteiger partial charge in [0.1, 0.15) is 18.0 Å². The molecule has 2 aromatic carbocycles. The van der Waals surface area contributed by atoms with E-state index in [0.717, 1.165) is 4.31 Å². The first-order chi connectivity index (χ1) is 9.37. The van der Waals surface area contributed by atoms with Gasteiger partial charge in [-0.15, -0.1) is 0 Å². The summed E-state index contributed by atoms with van der Waals surface area (Å²) in [4.78, 5) is 11.2. The molecular weight excluding hydrogens is 284 g/mol. The molecule has 0 unspecified atom stereocenters. The van der Waals surface area contributed by atoms with Crippen LogP contribution < -0.4 is 9.03 Å². The molecule has 1 amide bonds. The van der Waals surface area contributed by atoms with E-state index < -0.39 is 16.1 Å². The van der Waals surface area contributed by atoms with E-state index in [1.54, 1.807) is 6.07 Å². The van der Waals surface area contributed by atoms with E-state index in [-0.39, 0.29) is 23.7 Å². The van der Waals surface area contributed by atoms with Crippen molar-refractivity contribution in [2.45, 2.75) is 0 Å². The van der Waals surface area contributed by atoms with Crippen LogP contribution in [-0.4, -0.2) is 31.1 Å². The molecule has 0 atom stereocenters. The van der Waals surface area contributed by atoms with Crippen LogP contribution in [0.1, 0.15) is 0 Å². The van der Waals surface area contributed by atoms with Gasteiger partial charge < -0.3 is 10.2 Å². The van der Waals surface area contributed by atoms with Gasteiger partial charge in [0.2, 0.25) is 0 Å². The second kappa shape index (κ2) is 4.01. The summed E-state index contributed by atoms with van der Waals surface area (Å²) >= 11 is 0. The third-order valence-corrected chi connectivity index (χ3v) is 4.40. The molecule has 0 bridgehead atoms. The predicted molar refractivity (Wildman–Crippen MR) is 71.7 cm³/mol. The molecule has 7 nitrogen and oxygen atoms in total. The van der Waals surface area contributed by atoms with E-state index in [0.29, 0.717) is 10.8 Å². The number of carbonyl (C=O) groups is 1. The molecule has 2 aromatic rings. The molecule has 0 radical (unpaired) electrons. The molecule has 0 saturated carbocycles. The van der Waals surface area contributed by atoms with Crippen molar-refractivity contribution in [1.82, 2.24) is 4.72 Å². The highest BCUT2D eigenvalue weighted by molar-refractivity contribution is 7.92. The molecule has 20 heavy (non-hydrogen) atoms. The number of fused-ring (bicyclic) bond motifs is 1. The Balaban J connectivity index is 2.20. The lowest BCUT2D eigenvalue weighted by atomic mass is 10.1. The van der Waals surface area contributed by atoms with Gasteiger partial charge in [-0.05, 0) is 35.0 Å². The average Bonchev–Trinajstić information content (AvgIpc) is 2.61. The Hall–Kier alpha value is -2.48. The summed E-state index contributed by atoms with van der Waals surface area (Å²) in [5, 5.41) is 20.5. The maximum Gasteiger partial charge on any atom is 0.326 e. The van der Waals surface area contributed by atoms with E-state index in [4.69, 9.17) is 0 Å². The summed E-state index contributed by atoms with van der Waals surface area (Å²) in [6, 6.07) is 7.27. The average molecular weight is 294 g/mol. The molecule has 1 aliphatic rings. The summed E-state index contributed by atoms with van der Waals surface area (Å²) < 4.78 is 26.2. The van der Waals surface area contributed by atoms with Crippen molar-refractivity contribution in [2.75, 3.05) is 10.8 Å². The third-order valence-electron chi connectivity index (χ3n) is 3.01. The summed E-state index contributed by atoms with van der Waals surface area (Å²) in [6.45, 7) is -0.376. The number of hydrogen-bond acceptors (Lipinski definition) is 5. The molecule has 3 rings (SSSR count). The number of phenols is 2. The van der Waals surface area contributed by atoms with Crippen molar-refractivity contribution in [2.24, 2.45) is 0 Å². The van der Waals surface area contributed by atoms with Crippen molar-refractivity contribution in [1.29, 1.82) is 0 Å². The summed E-state index contributed by atoms with van der Waals surface area (Å²) in [5.74, 6) is -0.909. The first-order valence-corrected chi connectivity index (χ1v) is 7.10. The largest absolute Gasteiger partial charge is 0.508 e. The zero-order valence-electron chi connectivity index (χ0n) is 10.1. The molecule has 1 heterocycles. The number of benzene rings is 2. The van der Waals surface area contributed by atoms with Gasteiger partial charge >= 0.3 is 10.2 Å². The van der Waals surface area contributed by atoms with Gasteiger partial charge in [-0.1, -0.05) is 6.07 Å². The van der Waals surface area contributed by atoms with Crippen molar-refractivity contribution >= 4 is 32.6 Å². The monoisotopic (exact) mass is 294 g/mol. The number of amides is 1. The van der Waals surface area contributed by atoms with Gasteiger partial charge in [0.05, 0.1) is 5.69 Å². The molecule has 0 aliphatic carbocycles. The Kier molecular flexibility index (Phi) is 2.51. The zero-order valence-corrected chi connectivity index (χ0v) is 10.9. The maximum atomic E-state index is 11.8. The Morgan fingerprint density at radius 2 is 1.85 bits per heavy atom. The number of carbonyl (C=O) groups excluding carboxylic acids is 1.